The third kappa shape index (κ3) is 4.36. The second kappa shape index (κ2) is 8.70. The van der Waals surface area contributed by atoms with Crippen molar-refractivity contribution in [3.05, 3.63) is 65.7 Å². The molecule has 4 rings (SSSR count). The van der Waals surface area contributed by atoms with Gasteiger partial charge in [-0.05, 0) is 29.8 Å². The normalized spacial score (nSPS) is 16.2. The lowest BCUT2D eigenvalue weighted by atomic mass is 10.0. The van der Waals surface area contributed by atoms with Crippen molar-refractivity contribution in [3.63, 3.8) is 0 Å². The van der Waals surface area contributed by atoms with Crippen LogP contribution in [0.5, 0.6) is 0 Å². The number of fused-ring (bicyclic) bond motifs is 1. The smallest absolute Gasteiger partial charge is 0.451 e. The van der Waals surface area contributed by atoms with Crippen LogP contribution in [-0.4, -0.2) is 54.1 Å². The van der Waals surface area contributed by atoms with E-state index in [2.05, 4.69) is 9.97 Å². The molecule has 2 heterocycles. The van der Waals surface area contributed by atoms with Crippen LogP contribution in [-0.2, 0) is 15.7 Å². The Morgan fingerprint density at radius 3 is 2.28 bits per heavy atom. The number of aromatic nitrogens is 2. The molecule has 0 amide bonds. The number of benzene rings is 2. The van der Waals surface area contributed by atoms with E-state index in [0.717, 1.165) is 0 Å². The Kier molecular flexibility index (Phi) is 5.96. The lowest BCUT2D eigenvalue weighted by Crippen LogP contribution is -2.49. The van der Waals surface area contributed by atoms with Crippen molar-refractivity contribution < 1.29 is 27.1 Å². The Hall–Kier alpha value is -3.27. The summed E-state index contributed by atoms with van der Waals surface area (Å²) in [7, 11) is 1.28. The van der Waals surface area contributed by atoms with Gasteiger partial charge in [0.25, 0.3) is 0 Å². The average molecular weight is 448 g/mol. The number of hydrogen-bond acceptors (Lipinski definition) is 6. The molecule has 1 unspecified atom stereocenters. The minimum Gasteiger partial charge on any atom is -0.468 e. The molecule has 0 saturated carbocycles. The largest absolute Gasteiger partial charge is 0.468 e. The number of hydrogen-bond donors (Lipinski definition) is 0. The summed E-state index contributed by atoms with van der Waals surface area (Å²) >= 11 is 0. The molecule has 168 valence electrons. The number of rotatable bonds is 4. The molecular formula is C22H20F4N4O2. The highest BCUT2D eigenvalue weighted by Gasteiger charge is 2.37. The number of para-hydroxylation sites is 1. The van der Waals surface area contributed by atoms with Crippen LogP contribution in [0.1, 0.15) is 17.4 Å². The van der Waals surface area contributed by atoms with Gasteiger partial charge in [0.05, 0.1) is 12.6 Å². The van der Waals surface area contributed by atoms with E-state index in [9.17, 15) is 22.4 Å². The number of halogens is 4. The van der Waals surface area contributed by atoms with Crippen molar-refractivity contribution in [2.24, 2.45) is 0 Å². The van der Waals surface area contributed by atoms with Crippen molar-refractivity contribution >= 4 is 22.7 Å². The maximum Gasteiger partial charge on any atom is 0.451 e. The van der Waals surface area contributed by atoms with E-state index in [4.69, 9.17) is 4.74 Å². The topological polar surface area (TPSA) is 58.6 Å². The van der Waals surface area contributed by atoms with Crippen LogP contribution < -0.4 is 4.90 Å². The zero-order valence-electron chi connectivity index (χ0n) is 17.1. The van der Waals surface area contributed by atoms with Crippen LogP contribution >= 0.6 is 0 Å². The SMILES string of the molecule is COC(=O)C(c1ccc(F)cc1)N1CCN(c2nc(C(F)(F)F)nc3ccccc23)CC1. The zero-order chi connectivity index (χ0) is 22.9. The predicted molar refractivity (Wildman–Crippen MR) is 109 cm³/mol. The third-order valence-electron chi connectivity index (χ3n) is 5.43. The highest BCUT2D eigenvalue weighted by molar-refractivity contribution is 5.89. The van der Waals surface area contributed by atoms with Gasteiger partial charge in [-0.1, -0.05) is 24.3 Å². The molecule has 1 aromatic heterocycles. The van der Waals surface area contributed by atoms with Gasteiger partial charge in [-0.15, -0.1) is 0 Å². The number of carbonyl (C=O) groups is 1. The van der Waals surface area contributed by atoms with E-state index in [0.29, 0.717) is 37.1 Å². The lowest BCUT2D eigenvalue weighted by molar-refractivity contribution is -0.147. The van der Waals surface area contributed by atoms with E-state index in [1.807, 2.05) is 4.90 Å². The fourth-order valence-electron chi connectivity index (χ4n) is 3.87. The monoisotopic (exact) mass is 448 g/mol. The first kappa shape index (κ1) is 21.9. The summed E-state index contributed by atoms with van der Waals surface area (Å²) in [6, 6.07) is 11.4. The van der Waals surface area contributed by atoms with Crippen molar-refractivity contribution in [1.29, 1.82) is 0 Å². The number of alkyl halides is 3. The molecule has 1 saturated heterocycles. The highest BCUT2D eigenvalue weighted by Crippen LogP contribution is 2.33. The lowest BCUT2D eigenvalue weighted by Gasteiger charge is -2.39. The summed E-state index contributed by atoms with van der Waals surface area (Å²) in [6.45, 7) is 1.42. The third-order valence-corrected chi connectivity index (χ3v) is 5.43. The van der Waals surface area contributed by atoms with Gasteiger partial charge >= 0.3 is 12.1 Å². The van der Waals surface area contributed by atoms with Crippen molar-refractivity contribution in [3.8, 4) is 0 Å². The minimum atomic E-state index is -4.67. The zero-order valence-corrected chi connectivity index (χ0v) is 17.1. The molecule has 1 aliphatic heterocycles. The molecule has 0 radical (unpaired) electrons. The average Bonchev–Trinajstić information content (AvgIpc) is 2.79. The predicted octanol–water partition coefficient (Wildman–Crippen LogP) is 3.82. The maximum atomic E-state index is 13.3. The van der Waals surface area contributed by atoms with Gasteiger partial charge in [0.15, 0.2) is 0 Å². The Morgan fingerprint density at radius 1 is 1.00 bits per heavy atom. The first-order chi connectivity index (χ1) is 15.3. The summed E-state index contributed by atoms with van der Waals surface area (Å²) in [4.78, 5) is 23.6. The summed E-state index contributed by atoms with van der Waals surface area (Å²) in [6.07, 6.45) is -4.67. The van der Waals surface area contributed by atoms with Crippen LogP contribution in [0.15, 0.2) is 48.5 Å². The number of ether oxygens (including phenoxy) is 1. The first-order valence-corrected chi connectivity index (χ1v) is 9.94. The molecule has 0 aliphatic carbocycles. The number of piperazine rings is 1. The number of esters is 1. The fraction of sp³-hybridized carbons (Fsp3) is 0.318. The van der Waals surface area contributed by atoms with Gasteiger partial charge < -0.3 is 9.64 Å². The molecule has 10 heteroatoms. The standard InChI is InChI=1S/C22H20F4N4O2/c1-32-20(31)18(14-6-8-15(23)9-7-14)29-10-12-30(13-11-29)19-16-4-2-3-5-17(16)27-21(28-19)22(24,25)26/h2-9,18H,10-13H2,1H3. The highest BCUT2D eigenvalue weighted by atomic mass is 19.4. The van der Waals surface area contributed by atoms with E-state index >= 15 is 0 Å². The van der Waals surface area contributed by atoms with Crippen LogP contribution in [0.2, 0.25) is 0 Å². The van der Waals surface area contributed by atoms with E-state index in [1.165, 1.54) is 37.4 Å². The number of methoxy groups -OCH3 is 1. The van der Waals surface area contributed by atoms with Crippen LogP contribution in [0.3, 0.4) is 0 Å². The Morgan fingerprint density at radius 2 is 1.66 bits per heavy atom. The van der Waals surface area contributed by atoms with Crippen LogP contribution in [0.4, 0.5) is 23.4 Å². The van der Waals surface area contributed by atoms with Crippen molar-refractivity contribution in [2.75, 3.05) is 38.2 Å². The van der Waals surface area contributed by atoms with Crippen molar-refractivity contribution in [2.45, 2.75) is 12.2 Å². The maximum absolute atomic E-state index is 13.3. The second-order valence-corrected chi connectivity index (χ2v) is 7.39. The fourth-order valence-corrected chi connectivity index (χ4v) is 3.87. The second-order valence-electron chi connectivity index (χ2n) is 7.39. The molecule has 2 aromatic carbocycles. The molecule has 3 aromatic rings. The van der Waals surface area contributed by atoms with E-state index in [1.54, 1.807) is 23.1 Å². The molecule has 0 spiro atoms. The number of nitrogens with zero attached hydrogens (tertiary/aromatic N) is 4. The summed E-state index contributed by atoms with van der Waals surface area (Å²) < 4.78 is 58.3. The molecule has 0 N–H and O–H groups in total. The summed E-state index contributed by atoms with van der Waals surface area (Å²) in [5.41, 5.74) is 0.796. The molecule has 32 heavy (non-hydrogen) atoms. The molecule has 6 nitrogen and oxygen atoms in total. The molecule has 0 bridgehead atoms. The van der Waals surface area contributed by atoms with Gasteiger partial charge in [0, 0.05) is 31.6 Å². The van der Waals surface area contributed by atoms with E-state index < -0.39 is 29.8 Å². The molecule has 1 aliphatic rings. The molecule has 1 fully saturated rings. The quantitative estimate of drug-likeness (QED) is 0.447. The van der Waals surface area contributed by atoms with E-state index in [-0.39, 0.29) is 11.3 Å². The van der Waals surface area contributed by atoms with Gasteiger partial charge in [-0.3, -0.25) is 4.90 Å². The molecular weight excluding hydrogens is 428 g/mol. The van der Waals surface area contributed by atoms with Gasteiger partial charge in [-0.2, -0.15) is 13.2 Å². The summed E-state index contributed by atoms with van der Waals surface area (Å²) in [5, 5.41) is 0.525. The number of anilines is 1. The molecule has 1 atom stereocenters. The first-order valence-electron chi connectivity index (χ1n) is 9.94. The van der Waals surface area contributed by atoms with Gasteiger partial charge in [0.2, 0.25) is 5.82 Å². The summed E-state index contributed by atoms with van der Waals surface area (Å²) in [5.74, 6) is -1.89. The Labute approximate surface area is 181 Å². The van der Waals surface area contributed by atoms with Crippen molar-refractivity contribution in [1.82, 2.24) is 14.9 Å². The van der Waals surface area contributed by atoms with Crippen LogP contribution in [0.25, 0.3) is 10.9 Å². The Balaban J connectivity index is 1.61. The number of carbonyl (C=O) groups excluding carboxylic acids is 1. The Bertz CT molecular complexity index is 1110. The van der Waals surface area contributed by atoms with Gasteiger partial charge in [-0.25, -0.2) is 19.2 Å². The minimum absolute atomic E-state index is 0.207. The van der Waals surface area contributed by atoms with Crippen LogP contribution in [0, 0.1) is 5.82 Å². The van der Waals surface area contributed by atoms with Gasteiger partial charge in [0.1, 0.15) is 17.7 Å².